The van der Waals surface area contributed by atoms with Crippen LogP contribution in [0.5, 0.6) is 0 Å². The van der Waals surface area contributed by atoms with Crippen LogP contribution in [0.15, 0.2) is 0 Å². The number of likely N-dealkylation sites (N-methyl/N-ethyl adjacent to an activating group) is 1. The van der Waals surface area contributed by atoms with Gasteiger partial charge in [-0.05, 0) is 20.0 Å². The minimum absolute atomic E-state index is 0.573. The molecule has 158 valence electrons. The van der Waals surface area contributed by atoms with Gasteiger partial charge in [-0.3, -0.25) is 0 Å². The molecular formula is C19H41NO6. The molecule has 0 atom stereocenters. The molecule has 0 aromatic carbocycles. The van der Waals surface area contributed by atoms with E-state index in [0.717, 1.165) is 39.1 Å². The molecule has 0 aliphatic carbocycles. The Morgan fingerprint density at radius 2 is 0.846 bits per heavy atom. The third-order valence-electron chi connectivity index (χ3n) is 3.66. The van der Waals surface area contributed by atoms with Gasteiger partial charge >= 0.3 is 0 Å². The van der Waals surface area contributed by atoms with Gasteiger partial charge in [0.25, 0.3) is 0 Å². The van der Waals surface area contributed by atoms with Gasteiger partial charge in [0.15, 0.2) is 0 Å². The molecule has 7 nitrogen and oxygen atoms in total. The largest absolute Gasteiger partial charge is 0.379 e. The maximum Gasteiger partial charge on any atom is 0.0701 e. The minimum atomic E-state index is 0.573. The fraction of sp³-hybridized carbons (Fsp3) is 1.00. The predicted octanol–water partition coefficient (Wildman–Crippen LogP) is 1.84. The number of hydrogen-bond donors (Lipinski definition) is 0. The minimum Gasteiger partial charge on any atom is -0.379 e. The van der Waals surface area contributed by atoms with Crippen molar-refractivity contribution in [1.82, 2.24) is 4.90 Å². The standard InChI is InChI=1S/C19H41NO6/c1-4-6-8-21-10-12-23-14-16-25-18-19-26-17-15-24-13-11-22-9-7-20(3)5-2/h4-19H2,1-3H3. The second-order valence-corrected chi connectivity index (χ2v) is 5.92. The lowest BCUT2D eigenvalue weighted by molar-refractivity contribution is -0.0173. The average Bonchev–Trinajstić information content (AvgIpc) is 2.66. The predicted molar refractivity (Wildman–Crippen MR) is 103 cm³/mol. The molecule has 0 amide bonds. The van der Waals surface area contributed by atoms with E-state index in [1.54, 1.807) is 0 Å². The van der Waals surface area contributed by atoms with Gasteiger partial charge in [0.05, 0.1) is 72.7 Å². The van der Waals surface area contributed by atoms with Crippen molar-refractivity contribution < 1.29 is 28.4 Å². The van der Waals surface area contributed by atoms with Crippen LogP contribution in [0.25, 0.3) is 0 Å². The van der Waals surface area contributed by atoms with E-state index < -0.39 is 0 Å². The summed E-state index contributed by atoms with van der Waals surface area (Å²) >= 11 is 0. The average molecular weight is 380 g/mol. The van der Waals surface area contributed by atoms with Crippen LogP contribution >= 0.6 is 0 Å². The van der Waals surface area contributed by atoms with Crippen molar-refractivity contribution in [3.05, 3.63) is 0 Å². The summed E-state index contributed by atoms with van der Waals surface area (Å²) in [6, 6.07) is 0. The first kappa shape index (κ1) is 25.7. The maximum absolute atomic E-state index is 5.48. The lowest BCUT2D eigenvalue weighted by atomic mass is 10.4. The van der Waals surface area contributed by atoms with Crippen molar-refractivity contribution in [3.63, 3.8) is 0 Å². The molecule has 7 heteroatoms. The van der Waals surface area contributed by atoms with Crippen molar-refractivity contribution in [3.8, 4) is 0 Å². The van der Waals surface area contributed by atoms with E-state index in [9.17, 15) is 0 Å². The molecule has 0 radical (unpaired) electrons. The Morgan fingerprint density at radius 1 is 0.500 bits per heavy atom. The summed E-state index contributed by atoms with van der Waals surface area (Å²) in [5.74, 6) is 0. The van der Waals surface area contributed by atoms with Crippen LogP contribution in [0.3, 0.4) is 0 Å². The Balaban J connectivity index is 2.99. The molecule has 0 bridgehead atoms. The fourth-order valence-electron chi connectivity index (χ4n) is 1.83. The molecule has 0 aromatic rings. The smallest absolute Gasteiger partial charge is 0.0701 e. The molecule has 0 aliphatic rings. The van der Waals surface area contributed by atoms with Gasteiger partial charge in [0.2, 0.25) is 0 Å². The summed E-state index contributed by atoms with van der Waals surface area (Å²) in [5, 5.41) is 0. The molecule has 0 N–H and O–H groups in total. The van der Waals surface area contributed by atoms with Gasteiger partial charge in [-0.1, -0.05) is 20.3 Å². The molecule has 0 fully saturated rings. The molecule has 0 unspecified atom stereocenters. The third-order valence-corrected chi connectivity index (χ3v) is 3.66. The zero-order valence-corrected chi connectivity index (χ0v) is 17.2. The molecule has 0 spiro atoms. The highest BCUT2D eigenvalue weighted by Crippen LogP contribution is 1.88. The molecule has 0 saturated heterocycles. The van der Waals surface area contributed by atoms with Crippen LogP contribution in [-0.4, -0.2) is 104 Å². The summed E-state index contributed by atoms with van der Waals surface area (Å²) < 4.78 is 32.6. The van der Waals surface area contributed by atoms with Crippen LogP contribution in [0.4, 0.5) is 0 Å². The van der Waals surface area contributed by atoms with Crippen molar-refractivity contribution in [1.29, 1.82) is 0 Å². The van der Waals surface area contributed by atoms with E-state index in [0.29, 0.717) is 66.1 Å². The highest BCUT2D eigenvalue weighted by Gasteiger charge is 1.95. The molecular weight excluding hydrogens is 338 g/mol. The first-order valence-corrected chi connectivity index (χ1v) is 9.96. The molecule has 0 rings (SSSR count). The quantitative estimate of drug-likeness (QED) is 0.266. The van der Waals surface area contributed by atoms with Crippen LogP contribution in [0, 0.1) is 0 Å². The third kappa shape index (κ3) is 21.8. The normalized spacial score (nSPS) is 11.5. The van der Waals surface area contributed by atoms with E-state index in [4.69, 9.17) is 28.4 Å². The second kappa shape index (κ2) is 22.8. The van der Waals surface area contributed by atoms with E-state index in [-0.39, 0.29) is 0 Å². The lowest BCUT2D eigenvalue weighted by Gasteiger charge is -2.13. The summed E-state index contributed by atoms with van der Waals surface area (Å²) in [4.78, 5) is 2.21. The summed E-state index contributed by atoms with van der Waals surface area (Å²) in [6.07, 6.45) is 2.27. The van der Waals surface area contributed by atoms with E-state index >= 15 is 0 Å². The summed E-state index contributed by atoms with van der Waals surface area (Å²) in [5.41, 5.74) is 0. The zero-order valence-electron chi connectivity index (χ0n) is 17.2. The van der Waals surface area contributed by atoms with Gasteiger partial charge in [-0.2, -0.15) is 0 Å². The van der Waals surface area contributed by atoms with Crippen LogP contribution in [0.2, 0.25) is 0 Å². The van der Waals surface area contributed by atoms with Crippen molar-refractivity contribution in [2.75, 3.05) is 99.4 Å². The zero-order chi connectivity index (χ0) is 19.1. The molecule has 0 aliphatic heterocycles. The fourth-order valence-corrected chi connectivity index (χ4v) is 1.83. The van der Waals surface area contributed by atoms with Gasteiger partial charge in [0.1, 0.15) is 0 Å². The highest BCUT2D eigenvalue weighted by molar-refractivity contribution is 4.45. The van der Waals surface area contributed by atoms with Gasteiger partial charge in [-0.15, -0.1) is 0 Å². The Hall–Kier alpha value is -0.280. The summed E-state index contributed by atoms with van der Waals surface area (Å²) in [6.45, 7) is 13.8. The number of nitrogens with zero attached hydrogens (tertiary/aromatic N) is 1. The first-order valence-electron chi connectivity index (χ1n) is 9.96. The van der Waals surface area contributed by atoms with E-state index in [1.807, 2.05) is 0 Å². The topological polar surface area (TPSA) is 58.6 Å². The Bertz CT molecular complexity index is 258. The van der Waals surface area contributed by atoms with Crippen LogP contribution < -0.4 is 0 Å². The van der Waals surface area contributed by atoms with Crippen molar-refractivity contribution in [2.45, 2.75) is 26.7 Å². The molecule has 0 saturated carbocycles. The first-order chi connectivity index (χ1) is 12.8. The maximum atomic E-state index is 5.48. The van der Waals surface area contributed by atoms with Crippen molar-refractivity contribution in [2.24, 2.45) is 0 Å². The number of unbranched alkanes of at least 4 members (excludes halogenated alkanes) is 1. The van der Waals surface area contributed by atoms with Gasteiger partial charge < -0.3 is 33.3 Å². The monoisotopic (exact) mass is 379 g/mol. The van der Waals surface area contributed by atoms with Crippen LogP contribution in [0.1, 0.15) is 26.7 Å². The van der Waals surface area contributed by atoms with Gasteiger partial charge in [-0.25, -0.2) is 0 Å². The van der Waals surface area contributed by atoms with Crippen LogP contribution in [-0.2, 0) is 28.4 Å². The SMILES string of the molecule is CCCCOCCOCCOCCOCCOCCOCCN(C)CC. The van der Waals surface area contributed by atoms with E-state index in [1.165, 1.54) is 0 Å². The highest BCUT2D eigenvalue weighted by atomic mass is 16.6. The molecule has 0 aromatic heterocycles. The number of rotatable bonds is 22. The Labute approximate surface area is 160 Å². The summed E-state index contributed by atoms with van der Waals surface area (Å²) in [7, 11) is 2.08. The number of ether oxygens (including phenoxy) is 6. The Kier molecular flexibility index (Phi) is 22.5. The second-order valence-electron chi connectivity index (χ2n) is 5.92. The van der Waals surface area contributed by atoms with E-state index in [2.05, 4.69) is 25.8 Å². The Morgan fingerprint density at radius 3 is 1.19 bits per heavy atom. The molecule has 26 heavy (non-hydrogen) atoms. The number of hydrogen-bond acceptors (Lipinski definition) is 7. The molecule has 0 heterocycles. The van der Waals surface area contributed by atoms with Crippen molar-refractivity contribution >= 4 is 0 Å². The lowest BCUT2D eigenvalue weighted by Crippen LogP contribution is -2.23. The van der Waals surface area contributed by atoms with Gasteiger partial charge in [0, 0.05) is 13.2 Å².